The predicted octanol–water partition coefficient (Wildman–Crippen LogP) is 4.37. The number of nitrogens with one attached hydrogen (secondary N) is 1. The van der Waals surface area contributed by atoms with Crippen molar-refractivity contribution < 1.29 is 19.0 Å². The molecule has 2 aromatic carbocycles. The second-order valence-electron chi connectivity index (χ2n) is 4.37. The van der Waals surface area contributed by atoms with Crippen molar-refractivity contribution in [3.8, 4) is 11.5 Å². The molecule has 1 amide bonds. The quantitative estimate of drug-likeness (QED) is 0.692. The number of benzene rings is 2. The molecule has 20 heavy (non-hydrogen) atoms. The minimum atomic E-state index is -1.14. The molecule has 3 rings (SSSR count). The molecule has 0 unspecified atom stereocenters. The standard InChI is InChI=1S/C14H9BrFNO3/c15-10-2-3-11(16)9-6-7-5-8(17-14(18)19)1-4-12(7)20-13(9)10/h1-5,17H,6H2,(H,18,19). The Labute approximate surface area is 122 Å². The van der Waals surface area contributed by atoms with Crippen molar-refractivity contribution in [3.05, 3.63) is 51.7 Å². The molecule has 1 aliphatic heterocycles. The van der Waals surface area contributed by atoms with Crippen LogP contribution in [0.2, 0.25) is 0 Å². The average Bonchev–Trinajstić information content (AvgIpc) is 2.41. The fraction of sp³-hybridized carbons (Fsp3) is 0.0714. The van der Waals surface area contributed by atoms with Crippen LogP contribution in [0, 0.1) is 5.82 Å². The molecular weight excluding hydrogens is 329 g/mol. The number of ether oxygens (including phenoxy) is 1. The molecule has 0 saturated carbocycles. The molecule has 0 spiro atoms. The van der Waals surface area contributed by atoms with E-state index >= 15 is 0 Å². The van der Waals surface area contributed by atoms with E-state index in [1.54, 1.807) is 24.3 Å². The third-order valence-electron chi connectivity index (χ3n) is 3.05. The summed E-state index contributed by atoms with van der Waals surface area (Å²) in [4.78, 5) is 10.6. The van der Waals surface area contributed by atoms with Gasteiger partial charge in [0.05, 0.1) is 4.47 Å². The van der Waals surface area contributed by atoms with E-state index in [1.165, 1.54) is 6.07 Å². The van der Waals surface area contributed by atoms with Crippen molar-refractivity contribution in [1.29, 1.82) is 0 Å². The Kier molecular flexibility index (Phi) is 3.10. The van der Waals surface area contributed by atoms with Crippen LogP contribution in [0.15, 0.2) is 34.8 Å². The van der Waals surface area contributed by atoms with E-state index < -0.39 is 6.09 Å². The van der Waals surface area contributed by atoms with Crippen molar-refractivity contribution >= 4 is 27.7 Å². The SMILES string of the molecule is O=C(O)Nc1ccc2c(c1)Cc1c(F)ccc(Br)c1O2. The van der Waals surface area contributed by atoms with Gasteiger partial charge in [-0.3, -0.25) is 5.32 Å². The first-order valence-electron chi connectivity index (χ1n) is 5.82. The van der Waals surface area contributed by atoms with Crippen LogP contribution < -0.4 is 10.1 Å². The van der Waals surface area contributed by atoms with Crippen molar-refractivity contribution in [2.75, 3.05) is 5.32 Å². The van der Waals surface area contributed by atoms with Gasteiger partial charge in [0.2, 0.25) is 0 Å². The number of halogens is 2. The van der Waals surface area contributed by atoms with Gasteiger partial charge in [0.1, 0.15) is 17.3 Å². The van der Waals surface area contributed by atoms with Gasteiger partial charge >= 0.3 is 6.09 Å². The summed E-state index contributed by atoms with van der Waals surface area (Å²) in [6.45, 7) is 0. The summed E-state index contributed by atoms with van der Waals surface area (Å²) in [5.41, 5.74) is 1.62. The first-order valence-corrected chi connectivity index (χ1v) is 6.61. The molecule has 0 saturated heterocycles. The number of carboxylic acid groups (broad SMARTS) is 1. The van der Waals surface area contributed by atoms with Crippen LogP contribution in [-0.2, 0) is 6.42 Å². The molecule has 4 nitrogen and oxygen atoms in total. The van der Waals surface area contributed by atoms with E-state index in [0.717, 1.165) is 5.56 Å². The van der Waals surface area contributed by atoms with Gasteiger partial charge in [-0.05, 0) is 46.3 Å². The average molecular weight is 338 g/mol. The van der Waals surface area contributed by atoms with Crippen molar-refractivity contribution in [1.82, 2.24) is 0 Å². The number of hydrogen-bond acceptors (Lipinski definition) is 2. The maximum absolute atomic E-state index is 13.8. The second-order valence-corrected chi connectivity index (χ2v) is 5.22. The van der Waals surface area contributed by atoms with Gasteiger partial charge in [0.15, 0.2) is 0 Å². The van der Waals surface area contributed by atoms with Crippen LogP contribution in [0.1, 0.15) is 11.1 Å². The van der Waals surface area contributed by atoms with Gasteiger partial charge in [0.25, 0.3) is 0 Å². The van der Waals surface area contributed by atoms with E-state index in [1.807, 2.05) is 0 Å². The van der Waals surface area contributed by atoms with E-state index in [4.69, 9.17) is 9.84 Å². The normalized spacial score (nSPS) is 12.1. The maximum atomic E-state index is 13.8. The lowest BCUT2D eigenvalue weighted by molar-refractivity contribution is 0.209. The van der Waals surface area contributed by atoms with Gasteiger partial charge in [-0.1, -0.05) is 0 Å². The smallest absolute Gasteiger partial charge is 0.409 e. The number of hydrogen-bond donors (Lipinski definition) is 2. The van der Waals surface area contributed by atoms with Gasteiger partial charge < -0.3 is 9.84 Å². The summed E-state index contributed by atoms with van der Waals surface area (Å²) in [5.74, 6) is 0.724. The highest BCUT2D eigenvalue weighted by Crippen LogP contribution is 2.42. The summed E-state index contributed by atoms with van der Waals surface area (Å²) in [6, 6.07) is 7.88. The van der Waals surface area contributed by atoms with E-state index in [0.29, 0.717) is 33.6 Å². The molecular formula is C14H9BrFNO3. The van der Waals surface area contributed by atoms with Gasteiger partial charge in [-0.2, -0.15) is 0 Å². The number of fused-ring (bicyclic) bond motifs is 2. The molecule has 0 aromatic heterocycles. The molecule has 0 fully saturated rings. The largest absolute Gasteiger partial charge is 0.465 e. The summed E-state index contributed by atoms with van der Waals surface area (Å²) in [7, 11) is 0. The Morgan fingerprint density at radius 3 is 2.90 bits per heavy atom. The molecule has 6 heteroatoms. The molecule has 0 bridgehead atoms. The third kappa shape index (κ3) is 2.22. The zero-order chi connectivity index (χ0) is 14.3. The molecule has 2 N–H and O–H groups in total. The van der Waals surface area contributed by atoms with Crippen LogP contribution in [0.25, 0.3) is 0 Å². The third-order valence-corrected chi connectivity index (χ3v) is 3.67. The van der Waals surface area contributed by atoms with Crippen molar-refractivity contribution in [2.45, 2.75) is 6.42 Å². The molecule has 102 valence electrons. The Hall–Kier alpha value is -2.08. The number of carbonyl (C=O) groups is 1. The highest BCUT2D eigenvalue weighted by molar-refractivity contribution is 9.10. The Morgan fingerprint density at radius 1 is 1.35 bits per heavy atom. The lowest BCUT2D eigenvalue weighted by Crippen LogP contribution is -2.10. The minimum absolute atomic E-state index is 0.342. The lowest BCUT2D eigenvalue weighted by Gasteiger charge is -2.22. The van der Waals surface area contributed by atoms with Crippen LogP contribution in [0.3, 0.4) is 0 Å². The van der Waals surface area contributed by atoms with Crippen LogP contribution in [0.5, 0.6) is 11.5 Å². The molecule has 0 radical (unpaired) electrons. The van der Waals surface area contributed by atoms with Gasteiger partial charge in [-0.25, -0.2) is 9.18 Å². The van der Waals surface area contributed by atoms with Crippen molar-refractivity contribution in [2.24, 2.45) is 0 Å². The zero-order valence-electron chi connectivity index (χ0n) is 10.1. The fourth-order valence-corrected chi connectivity index (χ4v) is 2.62. The minimum Gasteiger partial charge on any atom is -0.465 e. The van der Waals surface area contributed by atoms with E-state index in [-0.39, 0.29) is 5.82 Å². The van der Waals surface area contributed by atoms with Crippen LogP contribution in [-0.4, -0.2) is 11.2 Å². The summed E-state index contributed by atoms with van der Waals surface area (Å²) < 4.78 is 20.2. The Morgan fingerprint density at radius 2 is 2.15 bits per heavy atom. The van der Waals surface area contributed by atoms with Crippen LogP contribution >= 0.6 is 15.9 Å². The van der Waals surface area contributed by atoms with Gasteiger partial charge in [0, 0.05) is 23.2 Å². The molecule has 0 atom stereocenters. The molecule has 1 aliphatic rings. The Balaban J connectivity index is 2.02. The highest BCUT2D eigenvalue weighted by atomic mass is 79.9. The van der Waals surface area contributed by atoms with Crippen LogP contribution in [0.4, 0.5) is 14.9 Å². The zero-order valence-corrected chi connectivity index (χ0v) is 11.7. The summed E-state index contributed by atoms with van der Waals surface area (Å²) in [6.07, 6.45) is -0.790. The summed E-state index contributed by atoms with van der Waals surface area (Å²) in [5, 5.41) is 11.0. The maximum Gasteiger partial charge on any atom is 0.409 e. The second kappa shape index (κ2) is 4.79. The summed E-state index contributed by atoms with van der Waals surface area (Å²) >= 11 is 3.33. The van der Waals surface area contributed by atoms with E-state index in [2.05, 4.69) is 21.2 Å². The first-order chi connectivity index (χ1) is 9.54. The first kappa shape index (κ1) is 12.9. The fourth-order valence-electron chi connectivity index (χ4n) is 2.17. The molecule has 1 heterocycles. The predicted molar refractivity (Wildman–Crippen MR) is 75.1 cm³/mol. The number of rotatable bonds is 1. The number of amides is 1. The van der Waals surface area contributed by atoms with Crippen molar-refractivity contribution in [3.63, 3.8) is 0 Å². The Bertz CT molecular complexity index is 718. The number of anilines is 1. The molecule has 0 aliphatic carbocycles. The topological polar surface area (TPSA) is 58.6 Å². The van der Waals surface area contributed by atoms with E-state index in [9.17, 15) is 9.18 Å². The monoisotopic (exact) mass is 337 g/mol. The highest BCUT2D eigenvalue weighted by Gasteiger charge is 2.22. The van der Waals surface area contributed by atoms with Gasteiger partial charge in [-0.15, -0.1) is 0 Å². The molecule has 2 aromatic rings. The lowest BCUT2D eigenvalue weighted by atomic mass is 9.99.